The molecule has 0 radical (unpaired) electrons. The van der Waals surface area contributed by atoms with Crippen LogP contribution in [-0.4, -0.2) is 18.3 Å². The number of nitrogens with zero attached hydrogens (tertiary/aromatic N) is 1. The van der Waals surface area contributed by atoms with Gasteiger partial charge in [0.15, 0.2) is 0 Å². The Morgan fingerprint density at radius 3 is 2.54 bits per heavy atom. The molecule has 0 saturated heterocycles. The molecule has 3 N–H and O–H groups in total. The first-order chi connectivity index (χ1) is 6.24. The summed E-state index contributed by atoms with van der Waals surface area (Å²) in [6.45, 7) is 0. The van der Waals surface area contributed by atoms with E-state index >= 15 is 0 Å². The molecule has 13 heavy (non-hydrogen) atoms. The van der Waals surface area contributed by atoms with Crippen LogP contribution < -0.4 is 11.2 Å². The molecule has 0 aromatic heterocycles. The third-order valence-electron chi connectivity index (χ3n) is 1.54. The molecule has 1 rings (SSSR count). The fourth-order valence-corrected chi connectivity index (χ4v) is 1.01. The highest BCUT2D eigenvalue weighted by Crippen LogP contribution is 2.01. The van der Waals surface area contributed by atoms with Crippen LogP contribution in [0.15, 0.2) is 29.4 Å². The minimum Gasteiger partial charge on any atom is -0.389 e. The van der Waals surface area contributed by atoms with Crippen molar-refractivity contribution in [3.63, 3.8) is 0 Å². The van der Waals surface area contributed by atoms with E-state index in [1.165, 1.54) is 0 Å². The predicted octanol–water partition coefficient (Wildman–Crippen LogP) is 0.874. The highest BCUT2D eigenvalue weighted by molar-refractivity contribution is 7.80. The molecule has 3 nitrogen and oxygen atoms in total. The Kier molecular flexibility index (Phi) is 3.40. The standard InChI is InChI=1S/C9H11N3S/c1-11-12-6-7-2-4-8(5-3-7)9(10)13/h2-6,11H,1H3,(H2,10,13)/b12-6+. The maximum Gasteiger partial charge on any atom is 0.103 e. The number of benzene rings is 1. The van der Waals surface area contributed by atoms with Crippen molar-refractivity contribution in [2.45, 2.75) is 0 Å². The van der Waals surface area contributed by atoms with Gasteiger partial charge >= 0.3 is 0 Å². The minimum absolute atomic E-state index is 0.414. The van der Waals surface area contributed by atoms with Gasteiger partial charge < -0.3 is 11.2 Å². The third-order valence-corrected chi connectivity index (χ3v) is 1.77. The summed E-state index contributed by atoms with van der Waals surface area (Å²) in [5.74, 6) is 0. The average molecular weight is 193 g/mol. The Morgan fingerprint density at radius 2 is 2.08 bits per heavy atom. The molecule has 0 aliphatic heterocycles. The molecule has 0 unspecified atom stereocenters. The summed E-state index contributed by atoms with van der Waals surface area (Å²) in [7, 11) is 1.75. The summed E-state index contributed by atoms with van der Waals surface area (Å²) < 4.78 is 0. The van der Waals surface area contributed by atoms with Gasteiger partial charge in [0.1, 0.15) is 4.99 Å². The maximum atomic E-state index is 5.45. The summed E-state index contributed by atoms with van der Waals surface area (Å²) in [5.41, 5.74) is 10.0. The van der Waals surface area contributed by atoms with E-state index in [1.54, 1.807) is 13.3 Å². The summed E-state index contributed by atoms with van der Waals surface area (Å²) in [6.07, 6.45) is 1.73. The van der Waals surface area contributed by atoms with Crippen LogP contribution in [0.3, 0.4) is 0 Å². The number of hydrogen-bond donors (Lipinski definition) is 2. The lowest BCUT2D eigenvalue weighted by molar-refractivity contribution is 0.908. The number of nitrogens with one attached hydrogen (secondary N) is 1. The lowest BCUT2D eigenvalue weighted by Crippen LogP contribution is -2.08. The summed E-state index contributed by atoms with van der Waals surface area (Å²) in [5, 5.41) is 3.88. The smallest absolute Gasteiger partial charge is 0.103 e. The molecule has 0 heterocycles. The van der Waals surface area contributed by atoms with Crippen LogP contribution in [0.4, 0.5) is 0 Å². The fraction of sp³-hybridized carbons (Fsp3) is 0.111. The van der Waals surface area contributed by atoms with E-state index < -0.39 is 0 Å². The molecule has 1 aromatic rings. The van der Waals surface area contributed by atoms with Crippen molar-refractivity contribution in [1.29, 1.82) is 0 Å². The Morgan fingerprint density at radius 1 is 1.46 bits per heavy atom. The first kappa shape index (κ1) is 9.67. The van der Waals surface area contributed by atoms with Crippen molar-refractivity contribution in [2.24, 2.45) is 10.8 Å². The van der Waals surface area contributed by atoms with Crippen LogP contribution in [-0.2, 0) is 0 Å². The van der Waals surface area contributed by atoms with Gasteiger partial charge in [-0.05, 0) is 5.56 Å². The summed E-state index contributed by atoms with van der Waals surface area (Å²) in [6, 6.07) is 7.57. The van der Waals surface area contributed by atoms with Gasteiger partial charge in [-0.3, -0.25) is 0 Å². The van der Waals surface area contributed by atoms with E-state index in [4.69, 9.17) is 18.0 Å². The topological polar surface area (TPSA) is 50.4 Å². The zero-order valence-corrected chi connectivity index (χ0v) is 8.14. The predicted molar refractivity (Wildman–Crippen MR) is 59.0 cm³/mol. The van der Waals surface area contributed by atoms with Crippen LogP contribution >= 0.6 is 12.2 Å². The molecule has 4 heteroatoms. The lowest BCUT2D eigenvalue weighted by Gasteiger charge is -1.97. The molecule has 0 aliphatic rings. The Hall–Kier alpha value is -1.42. The monoisotopic (exact) mass is 193 g/mol. The first-order valence-corrected chi connectivity index (χ1v) is 4.24. The van der Waals surface area contributed by atoms with Crippen molar-refractivity contribution < 1.29 is 0 Å². The van der Waals surface area contributed by atoms with E-state index in [0.717, 1.165) is 11.1 Å². The summed E-state index contributed by atoms with van der Waals surface area (Å²) >= 11 is 4.82. The van der Waals surface area contributed by atoms with Crippen molar-refractivity contribution in [1.82, 2.24) is 5.43 Å². The second-order valence-corrected chi connectivity index (χ2v) is 2.91. The average Bonchev–Trinajstić information content (AvgIpc) is 2.15. The molecule has 1 aromatic carbocycles. The summed E-state index contributed by atoms with van der Waals surface area (Å²) in [4.78, 5) is 0.414. The first-order valence-electron chi connectivity index (χ1n) is 3.83. The highest BCUT2D eigenvalue weighted by atomic mass is 32.1. The van der Waals surface area contributed by atoms with Gasteiger partial charge in [0, 0.05) is 12.6 Å². The van der Waals surface area contributed by atoms with E-state index in [0.29, 0.717) is 4.99 Å². The van der Waals surface area contributed by atoms with Crippen molar-refractivity contribution in [3.05, 3.63) is 35.4 Å². The fourth-order valence-electron chi connectivity index (χ4n) is 0.873. The molecule has 0 fully saturated rings. The molecule has 68 valence electrons. The zero-order chi connectivity index (χ0) is 9.68. The van der Waals surface area contributed by atoms with Gasteiger partial charge in [-0.1, -0.05) is 36.5 Å². The second kappa shape index (κ2) is 4.57. The van der Waals surface area contributed by atoms with Gasteiger partial charge in [0.25, 0.3) is 0 Å². The number of hydrazone groups is 1. The molecular formula is C9H11N3S. The molecule has 0 atom stereocenters. The van der Waals surface area contributed by atoms with Crippen LogP contribution in [0.1, 0.15) is 11.1 Å². The number of nitrogens with two attached hydrogens (primary N) is 1. The molecule has 0 spiro atoms. The van der Waals surface area contributed by atoms with Gasteiger partial charge in [-0.25, -0.2) is 0 Å². The SMILES string of the molecule is CN/N=C/c1ccc(C(N)=S)cc1. The molecule has 0 saturated carbocycles. The van der Waals surface area contributed by atoms with E-state index in [1.807, 2.05) is 24.3 Å². The lowest BCUT2D eigenvalue weighted by atomic mass is 10.1. The van der Waals surface area contributed by atoms with E-state index in [-0.39, 0.29) is 0 Å². The molecule has 0 bridgehead atoms. The van der Waals surface area contributed by atoms with Crippen LogP contribution in [0.2, 0.25) is 0 Å². The van der Waals surface area contributed by atoms with Crippen LogP contribution in [0, 0.1) is 0 Å². The second-order valence-electron chi connectivity index (χ2n) is 2.47. The van der Waals surface area contributed by atoms with E-state index in [9.17, 15) is 0 Å². The van der Waals surface area contributed by atoms with Crippen molar-refractivity contribution in [2.75, 3.05) is 7.05 Å². The Bertz CT molecular complexity index is 316. The number of hydrogen-bond acceptors (Lipinski definition) is 3. The van der Waals surface area contributed by atoms with E-state index in [2.05, 4.69) is 10.5 Å². The Balaban J connectivity index is 2.81. The maximum absolute atomic E-state index is 5.45. The minimum atomic E-state index is 0.414. The molecule has 0 aliphatic carbocycles. The molecular weight excluding hydrogens is 182 g/mol. The zero-order valence-electron chi connectivity index (χ0n) is 7.32. The van der Waals surface area contributed by atoms with Crippen LogP contribution in [0.25, 0.3) is 0 Å². The number of thiocarbonyl (C=S) groups is 1. The number of rotatable bonds is 3. The van der Waals surface area contributed by atoms with Gasteiger partial charge in [-0.2, -0.15) is 5.10 Å². The quantitative estimate of drug-likeness (QED) is 0.425. The van der Waals surface area contributed by atoms with Gasteiger partial charge in [-0.15, -0.1) is 0 Å². The highest BCUT2D eigenvalue weighted by Gasteiger charge is 1.94. The van der Waals surface area contributed by atoms with Gasteiger partial charge in [0.2, 0.25) is 0 Å². The Labute approximate surface area is 82.6 Å². The largest absolute Gasteiger partial charge is 0.389 e. The third kappa shape index (κ3) is 2.83. The normalized spacial score (nSPS) is 10.2. The van der Waals surface area contributed by atoms with Gasteiger partial charge in [0.05, 0.1) is 6.21 Å². The van der Waals surface area contributed by atoms with Crippen molar-refractivity contribution >= 4 is 23.4 Å². The molecule has 0 amide bonds. The van der Waals surface area contributed by atoms with Crippen LogP contribution in [0.5, 0.6) is 0 Å². The van der Waals surface area contributed by atoms with Crippen molar-refractivity contribution in [3.8, 4) is 0 Å².